The van der Waals surface area contributed by atoms with Crippen molar-refractivity contribution in [1.29, 1.82) is 0 Å². The van der Waals surface area contributed by atoms with Gasteiger partial charge in [-0.1, -0.05) is 6.92 Å². The topological polar surface area (TPSA) is 73.4 Å². The molecule has 0 saturated carbocycles. The van der Waals surface area contributed by atoms with Gasteiger partial charge in [-0.2, -0.15) is 4.31 Å². The van der Waals surface area contributed by atoms with Crippen LogP contribution in [0, 0.1) is 11.6 Å². The van der Waals surface area contributed by atoms with E-state index in [-0.39, 0.29) is 23.5 Å². The summed E-state index contributed by atoms with van der Waals surface area (Å²) in [7, 11) is -2.15. The van der Waals surface area contributed by atoms with Gasteiger partial charge in [0.25, 0.3) is 5.91 Å². The highest BCUT2D eigenvalue weighted by Gasteiger charge is 2.30. The van der Waals surface area contributed by atoms with Gasteiger partial charge in [0, 0.05) is 52.4 Å². The third kappa shape index (κ3) is 5.26. The van der Waals surface area contributed by atoms with E-state index in [0.717, 1.165) is 24.7 Å². The summed E-state index contributed by atoms with van der Waals surface area (Å²) >= 11 is 0. The van der Waals surface area contributed by atoms with E-state index in [9.17, 15) is 22.0 Å². The maximum Gasteiger partial charge on any atom is 0.257 e. The number of ether oxygens (including phenoxy) is 1. The molecule has 4 rings (SSSR count). The summed E-state index contributed by atoms with van der Waals surface area (Å²) in [5, 5.41) is 0. The zero-order valence-corrected chi connectivity index (χ0v) is 20.7. The number of rotatable bonds is 6. The number of anilines is 1. The van der Waals surface area contributed by atoms with Crippen LogP contribution in [0.25, 0.3) is 0 Å². The molecule has 0 atom stereocenters. The monoisotopic (exact) mass is 508 g/mol. The fraction of sp³-hybridized carbons (Fsp3) is 0.458. The summed E-state index contributed by atoms with van der Waals surface area (Å²) in [4.78, 5) is 18.5. The van der Waals surface area contributed by atoms with Crippen molar-refractivity contribution in [3.05, 3.63) is 53.6 Å². The van der Waals surface area contributed by atoms with E-state index in [1.54, 1.807) is 18.2 Å². The maximum atomic E-state index is 14.1. The first kappa shape index (κ1) is 25.3. The minimum absolute atomic E-state index is 0.193. The molecule has 0 spiro atoms. The number of halogens is 2. The second-order valence-electron chi connectivity index (χ2n) is 8.58. The fourth-order valence-corrected chi connectivity index (χ4v) is 5.94. The molecule has 0 N–H and O–H groups in total. The lowest BCUT2D eigenvalue weighted by Gasteiger charge is -2.37. The largest absolute Gasteiger partial charge is 0.495 e. The standard InChI is InChI=1S/C24H30F2N4O4S/c1-3-27-8-14-30(15-9-27)35(32,33)19-5-7-23(34-2)22(17-19)28-10-12-29(13-11-28)24(31)20-16-18(25)4-6-21(20)26/h4-7,16-17H,3,8-15H2,1-2H3. The molecule has 8 nitrogen and oxygen atoms in total. The van der Waals surface area contributed by atoms with Gasteiger partial charge in [-0.05, 0) is 42.9 Å². The molecule has 0 aliphatic carbocycles. The highest BCUT2D eigenvalue weighted by molar-refractivity contribution is 7.89. The van der Waals surface area contributed by atoms with Crippen molar-refractivity contribution in [3.8, 4) is 5.75 Å². The van der Waals surface area contributed by atoms with E-state index >= 15 is 0 Å². The van der Waals surface area contributed by atoms with E-state index < -0.39 is 27.6 Å². The van der Waals surface area contributed by atoms with E-state index in [1.165, 1.54) is 16.3 Å². The molecule has 2 aromatic rings. The Labute approximate surface area is 204 Å². The van der Waals surface area contributed by atoms with Gasteiger partial charge in [0.1, 0.15) is 17.4 Å². The number of sulfonamides is 1. The van der Waals surface area contributed by atoms with Gasteiger partial charge in [0.15, 0.2) is 0 Å². The lowest BCUT2D eigenvalue weighted by Crippen LogP contribution is -2.49. The number of methoxy groups -OCH3 is 1. The van der Waals surface area contributed by atoms with E-state index in [4.69, 9.17) is 4.74 Å². The van der Waals surface area contributed by atoms with Crippen LogP contribution < -0.4 is 9.64 Å². The van der Waals surface area contributed by atoms with Crippen LogP contribution in [0.1, 0.15) is 17.3 Å². The minimum Gasteiger partial charge on any atom is -0.495 e. The van der Waals surface area contributed by atoms with Gasteiger partial charge in [0.05, 0.1) is 23.3 Å². The second kappa shape index (κ2) is 10.5. The van der Waals surface area contributed by atoms with Gasteiger partial charge < -0.3 is 19.4 Å². The summed E-state index contributed by atoms with van der Waals surface area (Å²) in [6, 6.07) is 7.63. The van der Waals surface area contributed by atoms with E-state index in [1.807, 2.05) is 4.90 Å². The normalized spacial score (nSPS) is 18.1. The molecule has 0 unspecified atom stereocenters. The molecule has 2 heterocycles. The Kier molecular flexibility index (Phi) is 7.58. The maximum absolute atomic E-state index is 14.1. The van der Waals surface area contributed by atoms with Crippen LogP contribution in [-0.2, 0) is 10.0 Å². The van der Waals surface area contributed by atoms with E-state index in [2.05, 4.69) is 11.8 Å². The molecule has 2 aliphatic heterocycles. The number of carbonyl (C=O) groups excluding carboxylic acids is 1. The number of hydrogen-bond acceptors (Lipinski definition) is 6. The van der Waals surface area contributed by atoms with Gasteiger partial charge in [-0.15, -0.1) is 0 Å². The SMILES string of the molecule is CCN1CCN(S(=O)(=O)c2ccc(OC)c(N3CCN(C(=O)c4cc(F)ccc4F)CC3)c2)CC1. The Hall–Kier alpha value is -2.76. The molecule has 0 aromatic heterocycles. The Morgan fingerprint density at radius 2 is 1.63 bits per heavy atom. The van der Waals surface area contributed by atoms with Crippen LogP contribution in [0.2, 0.25) is 0 Å². The molecular formula is C24H30F2N4O4S. The van der Waals surface area contributed by atoms with E-state index in [0.29, 0.717) is 50.7 Å². The first-order chi connectivity index (χ1) is 16.7. The van der Waals surface area contributed by atoms with Gasteiger partial charge in [0.2, 0.25) is 10.0 Å². The van der Waals surface area contributed by atoms with Crippen LogP contribution >= 0.6 is 0 Å². The number of piperazine rings is 2. The molecule has 0 radical (unpaired) electrons. The van der Waals surface area contributed by atoms with Crippen molar-refractivity contribution in [2.45, 2.75) is 11.8 Å². The van der Waals surface area contributed by atoms with Crippen molar-refractivity contribution < 1.29 is 26.7 Å². The average molecular weight is 509 g/mol. The molecule has 2 fully saturated rings. The quantitative estimate of drug-likeness (QED) is 0.596. The molecule has 2 aliphatic rings. The predicted octanol–water partition coefficient (Wildman–Crippen LogP) is 2.26. The number of hydrogen-bond donors (Lipinski definition) is 0. The summed E-state index contributed by atoms with van der Waals surface area (Å²) in [6.07, 6.45) is 0. The number of carbonyl (C=O) groups is 1. The Morgan fingerprint density at radius 1 is 0.943 bits per heavy atom. The van der Waals surface area contributed by atoms with Gasteiger partial charge in [-0.3, -0.25) is 4.79 Å². The number of amides is 1. The highest BCUT2D eigenvalue weighted by Crippen LogP contribution is 2.33. The van der Waals surface area contributed by atoms with Crippen molar-refractivity contribution in [3.63, 3.8) is 0 Å². The fourth-order valence-electron chi connectivity index (χ4n) is 4.49. The number of nitrogens with zero attached hydrogens (tertiary/aromatic N) is 4. The van der Waals surface area contributed by atoms with Crippen molar-refractivity contribution >= 4 is 21.6 Å². The van der Waals surface area contributed by atoms with Gasteiger partial charge >= 0.3 is 0 Å². The second-order valence-corrected chi connectivity index (χ2v) is 10.5. The Bertz CT molecular complexity index is 1180. The predicted molar refractivity (Wildman–Crippen MR) is 128 cm³/mol. The van der Waals surface area contributed by atoms with Crippen LogP contribution in [0.3, 0.4) is 0 Å². The van der Waals surface area contributed by atoms with Crippen LogP contribution in [-0.4, -0.2) is 94.4 Å². The zero-order chi connectivity index (χ0) is 25.2. The first-order valence-corrected chi connectivity index (χ1v) is 13.1. The molecule has 190 valence electrons. The minimum atomic E-state index is -3.67. The number of benzene rings is 2. The molecule has 2 saturated heterocycles. The average Bonchev–Trinajstić information content (AvgIpc) is 2.89. The van der Waals surface area contributed by atoms with Crippen LogP contribution in [0.5, 0.6) is 5.75 Å². The molecular weight excluding hydrogens is 478 g/mol. The Morgan fingerprint density at radius 3 is 2.26 bits per heavy atom. The third-order valence-corrected chi connectivity index (χ3v) is 8.53. The molecule has 2 aromatic carbocycles. The summed E-state index contributed by atoms with van der Waals surface area (Å²) in [6.45, 7) is 6.53. The van der Waals surface area contributed by atoms with Crippen LogP contribution in [0.15, 0.2) is 41.3 Å². The summed E-state index contributed by atoms with van der Waals surface area (Å²) in [5.74, 6) is -1.49. The van der Waals surface area contributed by atoms with Gasteiger partial charge in [-0.25, -0.2) is 17.2 Å². The van der Waals surface area contributed by atoms with Crippen LogP contribution in [0.4, 0.5) is 14.5 Å². The van der Waals surface area contributed by atoms with Crippen molar-refractivity contribution in [2.75, 3.05) is 70.9 Å². The smallest absolute Gasteiger partial charge is 0.257 e. The molecule has 11 heteroatoms. The summed E-state index contributed by atoms with van der Waals surface area (Å²) < 4.78 is 61.2. The molecule has 1 amide bonds. The lowest BCUT2D eigenvalue weighted by molar-refractivity contribution is 0.0741. The first-order valence-electron chi connectivity index (χ1n) is 11.6. The highest BCUT2D eigenvalue weighted by atomic mass is 32.2. The Balaban J connectivity index is 1.50. The lowest BCUT2D eigenvalue weighted by atomic mass is 10.1. The van der Waals surface area contributed by atoms with Crippen molar-refractivity contribution in [2.24, 2.45) is 0 Å². The van der Waals surface area contributed by atoms with Crippen molar-refractivity contribution in [1.82, 2.24) is 14.1 Å². The number of likely N-dealkylation sites (N-methyl/N-ethyl adjacent to an activating group) is 1. The molecule has 35 heavy (non-hydrogen) atoms. The third-order valence-electron chi connectivity index (χ3n) is 6.63. The summed E-state index contributed by atoms with van der Waals surface area (Å²) in [5.41, 5.74) is 0.317. The molecule has 0 bridgehead atoms. The zero-order valence-electron chi connectivity index (χ0n) is 19.9.